The van der Waals surface area contributed by atoms with Gasteiger partial charge in [0, 0.05) is 15.9 Å². The molecule has 0 N–H and O–H groups in total. The van der Waals surface area contributed by atoms with Crippen LogP contribution in [-0.4, -0.2) is 19.8 Å². The molecule has 0 atom stereocenters. The molecular formula is C8H3BrF4NO3S-. The third-order valence-electron chi connectivity index (χ3n) is 1.65. The standard InChI is InChI=1S/C8H4BrF4NO3S/c9-6-2-1-4(10)3-5(6)7(15)14-18(16,17)8(11,12)13/h1-3H,(H,14,15)/p-1. The first-order chi connectivity index (χ1) is 8.04. The van der Waals surface area contributed by atoms with Crippen molar-refractivity contribution in [1.29, 1.82) is 0 Å². The number of hydrogen-bond acceptors (Lipinski definition) is 3. The number of hydrogen-bond donors (Lipinski definition) is 0. The molecule has 10 heteroatoms. The lowest BCUT2D eigenvalue weighted by Crippen LogP contribution is -2.27. The fourth-order valence-corrected chi connectivity index (χ4v) is 1.71. The van der Waals surface area contributed by atoms with Gasteiger partial charge in [-0.15, -0.1) is 0 Å². The van der Waals surface area contributed by atoms with Crippen LogP contribution in [0.4, 0.5) is 17.6 Å². The average Bonchev–Trinajstić information content (AvgIpc) is 2.19. The van der Waals surface area contributed by atoms with Gasteiger partial charge in [0.1, 0.15) is 5.82 Å². The Balaban J connectivity index is 3.31. The highest BCUT2D eigenvalue weighted by molar-refractivity contribution is 9.10. The Kier molecular flexibility index (Phi) is 4.01. The number of sulfonamides is 1. The molecule has 0 aromatic heterocycles. The molecule has 0 aliphatic carbocycles. The zero-order valence-electron chi connectivity index (χ0n) is 8.20. The number of halogens is 5. The maximum Gasteiger partial charge on any atom is 0.518 e. The number of alkyl halides is 3. The third-order valence-corrected chi connectivity index (χ3v) is 3.34. The van der Waals surface area contributed by atoms with Crippen molar-refractivity contribution < 1.29 is 31.1 Å². The Morgan fingerprint density at radius 2 is 1.89 bits per heavy atom. The SMILES string of the molecule is O=S(=O)(/N=C(\[O-])c1cc(F)ccc1Br)C(F)(F)F. The van der Waals surface area contributed by atoms with Crippen molar-refractivity contribution in [3.8, 4) is 0 Å². The maximum atomic E-state index is 12.8. The van der Waals surface area contributed by atoms with Crippen molar-refractivity contribution in [2.45, 2.75) is 5.51 Å². The van der Waals surface area contributed by atoms with E-state index in [1.165, 1.54) is 0 Å². The first-order valence-electron chi connectivity index (χ1n) is 4.08. The molecule has 0 heterocycles. The van der Waals surface area contributed by atoms with Crippen molar-refractivity contribution in [1.82, 2.24) is 0 Å². The minimum atomic E-state index is -5.94. The van der Waals surface area contributed by atoms with E-state index in [0.717, 1.165) is 12.1 Å². The van der Waals surface area contributed by atoms with E-state index in [-0.39, 0.29) is 4.47 Å². The van der Waals surface area contributed by atoms with E-state index in [2.05, 4.69) is 20.3 Å². The summed E-state index contributed by atoms with van der Waals surface area (Å²) in [7, 11) is -5.94. The zero-order chi connectivity index (χ0) is 14.1. The molecule has 0 unspecified atom stereocenters. The molecule has 0 amide bonds. The van der Waals surface area contributed by atoms with Crippen molar-refractivity contribution >= 4 is 31.9 Å². The molecule has 4 nitrogen and oxygen atoms in total. The van der Waals surface area contributed by atoms with E-state index in [1.54, 1.807) is 0 Å². The Morgan fingerprint density at radius 1 is 1.33 bits per heavy atom. The summed E-state index contributed by atoms with van der Waals surface area (Å²) >= 11 is 2.77. The fourth-order valence-electron chi connectivity index (χ4n) is 0.871. The Labute approximate surface area is 107 Å². The second-order valence-electron chi connectivity index (χ2n) is 2.94. The van der Waals surface area contributed by atoms with E-state index in [9.17, 15) is 31.1 Å². The molecule has 0 aliphatic heterocycles. The minimum Gasteiger partial charge on any atom is -0.858 e. The van der Waals surface area contributed by atoms with Crippen molar-refractivity contribution in [2.24, 2.45) is 4.40 Å². The van der Waals surface area contributed by atoms with Crippen LogP contribution in [0.2, 0.25) is 0 Å². The smallest absolute Gasteiger partial charge is 0.518 e. The summed E-state index contributed by atoms with van der Waals surface area (Å²) in [4.78, 5) is 0. The molecule has 0 spiro atoms. The van der Waals surface area contributed by atoms with E-state index < -0.39 is 32.8 Å². The lowest BCUT2D eigenvalue weighted by atomic mass is 10.2. The first-order valence-corrected chi connectivity index (χ1v) is 6.31. The molecule has 1 aromatic carbocycles. The van der Waals surface area contributed by atoms with Gasteiger partial charge < -0.3 is 5.11 Å². The highest BCUT2D eigenvalue weighted by atomic mass is 79.9. The van der Waals surface area contributed by atoms with Gasteiger partial charge in [0.2, 0.25) is 0 Å². The second-order valence-corrected chi connectivity index (χ2v) is 5.39. The normalized spacial score (nSPS) is 13.7. The van der Waals surface area contributed by atoms with Crippen molar-refractivity contribution in [3.05, 3.63) is 34.1 Å². The van der Waals surface area contributed by atoms with Gasteiger partial charge in [0.25, 0.3) is 0 Å². The lowest BCUT2D eigenvalue weighted by Gasteiger charge is -2.13. The summed E-state index contributed by atoms with van der Waals surface area (Å²) in [5.41, 5.74) is -6.30. The zero-order valence-corrected chi connectivity index (χ0v) is 10.6. The Bertz CT molecular complexity index is 597. The summed E-state index contributed by atoms with van der Waals surface area (Å²) in [6.07, 6.45) is 0. The van der Waals surface area contributed by atoms with Crippen molar-refractivity contribution in [3.63, 3.8) is 0 Å². The topological polar surface area (TPSA) is 69.6 Å². The summed E-state index contributed by atoms with van der Waals surface area (Å²) in [6, 6.07) is 2.54. The molecule has 100 valence electrons. The highest BCUT2D eigenvalue weighted by Gasteiger charge is 2.45. The number of benzene rings is 1. The summed E-state index contributed by atoms with van der Waals surface area (Å²) in [6.45, 7) is 0. The van der Waals surface area contributed by atoms with Crippen LogP contribution in [0.3, 0.4) is 0 Å². The number of rotatable bonds is 2. The molecule has 1 rings (SSSR count). The van der Waals surface area contributed by atoms with Crippen LogP contribution in [0.15, 0.2) is 27.1 Å². The monoisotopic (exact) mass is 348 g/mol. The molecule has 0 radical (unpaired) electrons. The van der Waals surface area contributed by atoms with Gasteiger partial charge in [-0.05, 0) is 18.2 Å². The predicted molar refractivity (Wildman–Crippen MR) is 55.6 cm³/mol. The quantitative estimate of drug-likeness (QED) is 0.462. The largest absolute Gasteiger partial charge is 0.858 e. The van der Waals surface area contributed by atoms with E-state index in [4.69, 9.17) is 0 Å². The molecule has 0 saturated carbocycles. The van der Waals surface area contributed by atoms with Crippen LogP contribution in [0.25, 0.3) is 0 Å². The van der Waals surface area contributed by atoms with Crippen LogP contribution in [-0.2, 0) is 10.0 Å². The van der Waals surface area contributed by atoms with Gasteiger partial charge in [0.15, 0.2) is 0 Å². The Morgan fingerprint density at radius 3 is 2.39 bits per heavy atom. The predicted octanol–water partition coefficient (Wildman–Crippen LogP) is 1.54. The fraction of sp³-hybridized carbons (Fsp3) is 0.125. The van der Waals surface area contributed by atoms with Gasteiger partial charge in [-0.1, -0.05) is 15.9 Å². The summed E-state index contributed by atoms with van der Waals surface area (Å²) in [5.74, 6) is -2.63. The minimum absolute atomic E-state index is 0.0741. The van der Waals surface area contributed by atoms with Gasteiger partial charge in [-0.25, -0.2) is 4.39 Å². The molecular weight excluding hydrogens is 346 g/mol. The average molecular weight is 349 g/mol. The van der Waals surface area contributed by atoms with E-state index in [1.807, 2.05) is 0 Å². The molecule has 0 saturated heterocycles. The summed E-state index contributed by atoms with van der Waals surface area (Å²) in [5, 5.41) is 11.2. The molecule has 1 aromatic rings. The lowest BCUT2D eigenvalue weighted by molar-refractivity contribution is -0.212. The van der Waals surface area contributed by atoms with Gasteiger partial charge in [-0.3, -0.25) is 0 Å². The Hall–Kier alpha value is -1.16. The van der Waals surface area contributed by atoms with Crippen LogP contribution in [0, 0.1) is 5.82 Å². The van der Waals surface area contributed by atoms with Crippen LogP contribution < -0.4 is 5.11 Å². The summed E-state index contributed by atoms with van der Waals surface area (Å²) < 4.78 is 71.9. The molecule has 0 bridgehead atoms. The second kappa shape index (κ2) is 4.84. The van der Waals surface area contributed by atoms with Crippen LogP contribution in [0.5, 0.6) is 0 Å². The van der Waals surface area contributed by atoms with Gasteiger partial charge >= 0.3 is 15.5 Å². The first kappa shape index (κ1) is 14.9. The molecule has 0 fully saturated rings. The van der Waals surface area contributed by atoms with Crippen LogP contribution >= 0.6 is 15.9 Å². The van der Waals surface area contributed by atoms with Crippen molar-refractivity contribution in [2.75, 3.05) is 0 Å². The highest BCUT2D eigenvalue weighted by Crippen LogP contribution is 2.25. The number of nitrogens with zero attached hydrogens (tertiary/aromatic N) is 1. The van der Waals surface area contributed by atoms with E-state index in [0.29, 0.717) is 6.07 Å². The van der Waals surface area contributed by atoms with Gasteiger partial charge in [0.05, 0.1) is 0 Å². The maximum absolute atomic E-state index is 12.8. The molecule has 0 aliphatic rings. The van der Waals surface area contributed by atoms with Crippen LogP contribution in [0.1, 0.15) is 5.56 Å². The van der Waals surface area contributed by atoms with E-state index >= 15 is 0 Å². The molecule has 18 heavy (non-hydrogen) atoms. The van der Waals surface area contributed by atoms with Gasteiger partial charge in [-0.2, -0.15) is 26.0 Å². The third kappa shape index (κ3) is 3.19.